The van der Waals surface area contributed by atoms with Crippen LogP contribution in [-0.2, 0) is 6.54 Å². The first kappa shape index (κ1) is 17.2. The zero-order valence-corrected chi connectivity index (χ0v) is 15.6. The van der Waals surface area contributed by atoms with E-state index in [1.807, 2.05) is 41.0 Å². The summed E-state index contributed by atoms with van der Waals surface area (Å²) in [6.07, 6.45) is 0. The van der Waals surface area contributed by atoms with Gasteiger partial charge in [0.2, 0.25) is 5.82 Å². The van der Waals surface area contributed by atoms with Crippen LogP contribution in [0.2, 0.25) is 0 Å². The number of halogens is 1. The molecule has 6 nitrogen and oxygen atoms in total. The van der Waals surface area contributed by atoms with E-state index in [9.17, 15) is 9.18 Å². The van der Waals surface area contributed by atoms with Crippen LogP contribution in [0, 0.1) is 5.82 Å². The van der Waals surface area contributed by atoms with E-state index in [0.717, 1.165) is 55.1 Å². The smallest absolute Gasteiger partial charge is 0.360 e. The number of benzene rings is 2. The van der Waals surface area contributed by atoms with Gasteiger partial charge in [-0.05, 0) is 36.4 Å². The number of piperazine rings is 1. The van der Waals surface area contributed by atoms with Gasteiger partial charge < -0.3 is 9.80 Å². The van der Waals surface area contributed by atoms with Gasteiger partial charge in [0.1, 0.15) is 24.4 Å². The largest absolute Gasteiger partial charge is 0.441 e. The van der Waals surface area contributed by atoms with E-state index >= 15 is 0 Å². The highest BCUT2D eigenvalue weighted by Crippen LogP contribution is 2.20. The Morgan fingerprint density at radius 2 is 1.86 bits per heavy atom. The predicted molar refractivity (Wildman–Crippen MR) is 106 cm³/mol. The summed E-state index contributed by atoms with van der Waals surface area (Å²) in [5.74, 6) is 0.730. The number of aromatic nitrogens is 2. The molecule has 3 aromatic rings. The summed E-state index contributed by atoms with van der Waals surface area (Å²) in [5.41, 5.74) is 1.90. The Morgan fingerprint density at radius 3 is 2.64 bits per heavy atom. The van der Waals surface area contributed by atoms with Gasteiger partial charge >= 0.3 is 5.69 Å². The summed E-state index contributed by atoms with van der Waals surface area (Å²) >= 11 is 0. The lowest BCUT2D eigenvalue weighted by Gasteiger charge is -2.34. The molecule has 0 radical (unpaired) electrons. The molecule has 0 amide bonds. The van der Waals surface area contributed by atoms with Gasteiger partial charge in [-0.1, -0.05) is 12.1 Å². The maximum Gasteiger partial charge on any atom is 0.441 e. The van der Waals surface area contributed by atoms with Crippen molar-refractivity contribution >= 4 is 22.4 Å². The molecule has 5 rings (SSSR count). The number of H-pyrrole nitrogens is 1. The fourth-order valence-corrected chi connectivity index (χ4v) is 4.42. The van der Waals surface area contributed by atoms with Gasteiger partial charge in [-0.3, -0.25) is 5.32 Å². The molecule has 2 aliphatic heterocycles. The van der Waals surface area contributed by atoms with E-state index in [1.54, 1.807) is 0 Å². The summed E-state index contributed by atoms with van der Waals surface area (Å²) in [7, 11) is 0. The first-order valence-corrected chi connectivity index (χ1v) is 9.83. The molecule has 7 heteroatoms. The summed E-state index contributed by atoms with van der Waals surface area (Å²) in [6.45, 7) is 5.66. The molecule has 2 aromatic carbocycles. The Morgan fingerprint density at radius 1 is 1.11 bits per heavy atom. The molecule has 0 unspecified atom stereocenters. The molecule has 144 valence electrons. The third-order valence-electron chi connectivity index (χ3n) is 5.88. The molecule has 0 bridgehead atoms. The third-order valence-corrected chi connectivity index (χ3v) is 5.88. The minimum absolute atomic E-state index is 0.0557. The van der Waals surface area contributed by atoms with Crippen molar-refractivity contribution in [2.24, 2.45) is 0 Å². The quantitative estimate of drug-likeness (QED) is 0.567. The highest BCUT2D eigenvalue weighted by atomic mass is 19.1. The van der Waals surface area contributed by atoms with Crippen LogP contribution in [-0.4, -0.2) is 43.7 Å². The minimum atomic E-state index is -0.195. The zero-order chi connectivity index (χ0) is 19.1. The van der Waals surface area contributed by atoms with Gasteiger partial charge in [-0.2, -0.15) is 4.57 Å². The van der Waals surface area contributed by atoms with Crippen molar-refractivity contribution in [2.45, 2.75) is 12.6 Å². The van der Waals surface area contributed by atoms with Crippen LogP contribution in [0.1, 0.15) is 0 Å². The second kappa shape index (κ2) is 6.91. The fraction of sp³-hybridized carbons (Fsp3) is 0.333. The highest BCUT2D eigenvalue weighted by molar-refractivity contribution is 5.87. The van der Waals surface area contributed by atoms with Gasteiger partial charge in [0.15, 0.2) is 6.04 Å². The van der Waals surface area contributed by atoms with Crippen LogP contribution >= 0.6 is 0 Å². The average Bonchev–Trinajstić information content (AvgIpc) is 3.14. The second-order valence-electron chi connectivity index (χ2n) is 7.69. The van der Waals surface area contributed by atoms with Crippen molar-refractivity contribution in [1.29, 1.82) is 0 Å². The summed E-state index contributed by atoms with van der Waals surface area (Å²) < 4.78 is 14.9. The predicted octanol–water partition coefficient (Wildman–Crippen LogP) is 0.154. The topological polar surface area (TPSA) is 56.5 Å². The monoisotopic (exact) mass is 381 g/mol. The number of hydrogen-bond donors (Lipinski definition) is 3. The molecule has 1 aromatic heterocycles. The van der Waals surface area contributed by atoms with Crippen molar-refractivity contribution in [3.63, 3.8) is 0 Å². The van der Waals surface area contributed by atoms with Crippen LogP contribution in [0.4, 0.5) is 15.9 Å². The van der Waals surface area contributed by atoms with Gasteiger partial charge in [0.05, 0.1) is 31.6 Å². The Bertz CT molecular complexity index is 1060. The average molecular weight is 381 g/mol. The molecule has 0 saturated carbocycles. The Labute approximate surface area is 162 Å². The van der Waals surface area contributed by atoms with Gasteiger partial charge in [0, 0.05) is 5.69 Å². The number of quaternary nitrogens is 1. The van der Waals surface area contributed by atoms with E-state index in [-0.39, 0.29) is 17.5 Å². The molecular formula is C21H24FN5O+2. The lowest BCUT2D eigenvalue weighted by Crippen LogP contribution is -3.16. The molecule has 3 heterocycles. The molecule has 0 aliphatic carbocycles. The number of rotatable bonds is 3. The lowest BCUT2D eigenvalue weighted by molar-refractivity contribution is -0.902. The van der Waals surface area contributed by atoms with Crippen molar-refractivity contribution in [1.82, 2.24) is 4.98 Å². The fourth-order valence-electron chi connectivity index (χ4n) is 4.42. The summed E-state index contributed by atoms with van der Waals surface area (Å²) in [6, 6.07) is 14.9. The van der Waals surface area contributed by atoms with Crippen molar-refractivity contribution in [2.75, 3.05) is 42.9 Å². The Kier molecular flexibility index (Phi) is 4.24. The number of aromatic amines is 1. The number of nitrogens with zero attached hydrogens (tertiary/aromatic N) is 2. The molecule has 0 spiro atoms. The molecule has 1 atom stereocenters. The lowest BCUT2D eigenvalue weighted by atomic mass is 10.2. The van der Waals surface area contributed by atoms with Crippen LogP contribution < -0.4 is 25.4 Å². The van der Waals surface area contributed by atoms with Crippen LogP contribution in [0.15, 0.2) is 53.3 Å². The highest BCUT2D eigenvalue weighted by Gasteiger charge is 2.34. The van der Waals surface area contributed by atoms with E-state index in [2.05, 4.69) is 15.2 Å². The standard InChI is InChI=1S/C21H22FN5O/c22-15-5-7-17(8-6-15)26-11-9-25(10-12-26)13-16-14-27-20(23-16)18-3-1-2-4-19(18)24-21(27)28/h1-8,16H,9-14H2,(H,23,24,28)/p+2/t16-/m1/s1. The molecule has 28 heavy (non-hydrogen) atoms. The first-order chi connectivity index (χ1) is 13.7. The maximum atomic E-state index is 13.1. The normalized spacial score (nSPS) is 19.6. The van der Waals surface area contributed by atoms with Gasteiger partial charge in [-0.25, -0.2) is 14.2 Å². The SMILES string of the molecule is O=c1[nH]c2ccccc2c2[n+]1C[C@@H](C[NH+]1CCN(c3ccc(F)cc3)CC1)N2. The number of anilines is 2. The number of fused-ring (bicyclic) bond motifs is 3. The number of hydrogen-bond acceptors (Lipinski definition) is 3. The van der Waals surface area contributed by atoms with Crippen LogP contribution in [0.5, 0.6) is 0 Å². The Balaban J connectivity index is 1.24. The number of nitrogens with one attached hydrogen (secondary N) is 3. The van der Waals surface area contributed by atoms with Gasteiger partial charge in [0.25, 0.3) is 0 Å². The van der Waals surface area contributed by atoms with E-state index < -0.39 is 0 Å². The van der Waals surface area contributed by atoms with Crippen molar-refractivity contribution in [3.05, 3.63) is 64.8 Å². The molecule has 1 fully saturated rings. The zero-order valence-electron chi connectivity index (χ0n) is 15.6. The molecule has 3 N–H and O–H groups in total. The summed E-state index contributed by atoms with van der Waals surface area (Å²) in [4.78, 5) is 19.2. The summed E-state index contributed by atoms with van der Waals surface area (Å²) in [5, 5.41) is 4.64. The van der Waals surface area contributed by atoms with E-state index in [4.69, 9.17) is 0 Å². The van der Waals surface area contributed by atoms with Crippen molar-refractivity contribution < 1.29 is 13.9 Å². The minimum Gasteiger partial charge on any atom is -0.360 e. The van der Waals surface area contributed by atoms with Crippen LogP contribution in [0.3, 0.4) is 0 Å². The van der Waals surface area contributed by atoms with E-state index in [1.165, 1.54) is 17.0 Å². The Hall–Kier alpha value is -2.93. The van der Waals surface area contributed by atoms with Crippen LogP contribution in [0.25, 0.3) is 10.9 Å². The number of para-hydroxylation sites is 1. The van der Waals surface area contributed by atoms with E-state index in [0.29, 0.717) is 6.54 Å². The second-order valence-corrected chi connectivity index (χ2v) is 7.69. The third kappa shape index (κ3) is 3.11. The maximum absolute atomic E-state index is 13.1. The van der Waals surface area contributed by atoms with Crippen molar-refractivity contribution in [3.8, 4) is 0 Å². The molecule has 1 saturated heterocycles. The van der Waals surface area contributed by atoms with Gasteiger partial charge in [-0.15, -0.1) is 0 Å². The first-order valence-electron chi connectivity index (χ1n) is 9.83. The molecular weight excluding hydrogens is 357 g/mol. The molecule has 2 aliphatic rings.